The largest absolute Gasteiger partial charge is 0.406 e. The van der Waals surface area contributed by atoms with E-state index in [1.807, 2.05) is 6.92 Å². The summed E-state index contributed by atoms with van der Waals surface area (Å²) in [4.78, 5) is 4.93. The molecule has 0 bridgehead atoms. The standard InChI is InChI=1S/C10H13F3N2S/c1-6-8(16-5-14-6)7(2)15-9(3-4-9)10(11,12)13/h5,7,15H,3-4H2,1-2H3. The summed E-state index contributed by atoms with van der Waals surface area (Å²) in [5.74, 6) is 0. The van der Waals surface area contributed by atoms with E-state index in [9.17, 15) is 13.2 Å². The van der Waals surface area contributed by atoms with Gasteiger partial charge in [0, 0.05) is 10.9 Å². The Bertz CT molecular complexity index is 382. The van der Waals surface area contributed by atoms with E-state index in [1.165, 1.54) is 11.3 Å². The van der Waals surface area contributed by atoms with Crippen molar-refractivity contribution in [2.24, 2.45) is 0 Å². The molecule has 2 rings (SSSR count). The van der Waals surface area contributed by atoms with Gasteiger partial charge in [-0.3, -0.25) is 5.32 Å². The molecule has 2 nitrogen and oxygen atoms in total. The maximum absolute atomic E-state index is 12.7. The van der Waals surface area contributed by atoms with Gasteiger partial charge in [0.1, 0.15) is 5.54 Å². The summed E-state index contributed by atoms with van der Waals surface area (Å²) in [6.07, 6.45) is -3.79. The lowest BCUT2D eigenvalue weighted by Crippen LogP contribution is -2.45. The van der Waals surface area contributed by atoms with Crippen LogP contribution in [0.15, 0.2) is 5.51 Å². The number of hydrogen-bond acceptors (Lipinski definition) is 3. The minimum Gasteiger partial charge on any atom is -0.296 e. The molecule has 16 heavy (non-hydrogen) atoms. The average Bonchev–Trinajstić information content (AvgIpc) is 2.81. The number of aromatic nitrogens is 1. The van der Waals surface area contributed by atoms with Crippen molar-refractivity contribution >= 4 is 11.3 Å². The Hall–Kier alpha value is -0.620. The van der Waals surface area contributed by atoms with Crippen LogP contribution in [-0.4, -0.2) is 16.7 Å². The fourth-order valence-corrected chi connectivity index (χ4v) is 2.65. The molecule has 0 spiro atoms. The molecule has 0 radical (unpaired) electrons. The number of nitrogens with zero attached hydrogens (tertiary/aromatic N) is 1. The second-order valence-electron chi connectivity index (χ2n) is 4.25. The third-order valence-corrected chi connectivity index (χ3v) is 4.08. The Kier molecular flexibility index (Phi) is 2.74. The van der Waals surface area contributed by atoms with Gasteiger partial charge < -0.3 is 0 Å². The van der Waals surface area contributed by atoms with E-state index < -0.39 is 11.7 Å². The van der Waals surface area contributed by atoms with E-state index in [4.69, 9.17) is 0 Å². The van der Waals surface area contributed by atoms with Gasteiger partial charge in [0.05, 0.1) is 11.2 Å². The van der Waals surface area contributed by atoms with Crippen molar-refractivity contribution in [3.8, 4) is 0 Å². The Labute approximate surface area is 95.9 Å². The first-order valence-electron chi connectivity index (χ1n) is 5.10. The first-order valence-corrected chi connectivity index (χ1v) is 5.98. The highest BCUT2D eigenvalue weighted by molar-refractivity contribution is 7.09. The van der Waals surface area contributed by atoms with Crippen LogP contribution < -0.4 is 5.32 Å². The number of halogens is 3. The van der Waals surface area contributed by atoms with Gasteiger partial charge in [-0.2, -0.15) is 13.2 Å². The quantitative estimate of drug-likeness (QED) is 0.891. The second kappa shape index (κ2) is 3.70. The van der Waals surface area contributed by atoms with Crippen molar-refractivity contribution in [3.63, 3.8) is 0 Å². The lowest BCUT2D eigenvalue weighted by atomic mass is 10.1. The third kappa shape index (κ3) is 1.96. The minimum absolute atomic E-state index is 0.179. The summed E-state index contributed by atoms with van der Waals surface area (Å²) in [7, 11) is 0. The summed E-state index contributed by atoms with van der Waals surface area (Å²) in [6.45, 7) is 3.57. The van der Waals surface area contributed by atoms with Crippen LogP contribution in [0.3, 0.4) is 0 Å². The molecule has 1 saturated carbocycles. The van der Waals surface area contributed by atoms with Crippen LogP contribution in [-0.2, 0) is 0 Å². The Morgan fingerprint density at radius 1 is 1.50 bits per heavy atom. The van der Waals surface area contributed by atoms with Crippen LogP contribution in [0.1, 0.15) is 36.4 Å². The normalized spacial score (nSPS) is 20.8. The lowest BCUT2D eigenvalue weighted by Gasteiger charge is -2.24. The van der Waals surface area contributed by atoms with Crippen LogP contribution in [0.4, 0.5) is 13.2 Å². The molecular weight excluding hydrogens is 237 g/mol. The molecular formula is C10H13F3N2S. The number of rotatable bonds is 3. The first-order chi connectivity index (χ1) is 7.36. The molecule has 1 fully saturated rings. The molecule has 1 atom stereocenters. The molecule has 0 saturated heterocycles. The smallest absolute Gasteiger partial charge is 0.296 e. The monoisotopic (exact) mass is 250 g/mol. The predicted octanol–water partition coefficient (Wildman–Crippen LogP) is 3.20. The van der Waals surface area contributed by atoms with Crippen LogP contribution >= 0.6 is 11.3 Å². The molecule has 1 aliphatic carbocycles. The molecule has 1 N–H and O–H groups in total. The highest BCUT2D eigenvalue weighted by Crippen LogP contribution is 2.50. The zero-order valence-electron chi connectivity index (χ0n) is 9.06. The number of nitrogens with one attached hydrogen (secondary N) is 1. The Morgan fingerprint density at radius 2 is 2.12 bits per heavy atom. The molecule has 1 heterocycles. The lowest BCUT2D eigenvalue weighted by molar-refractivity contribution is -0.167. The van der Waals surface area contributed by atoms with E-state index in [0.717, 1.165) is 10.6 Å². The van der Waals surface area contributed by atoms with Crippen molar-refractivity contribution in [2.75, 3.05) is 0 Å². The Morgan fingerprint density at radius 3 is 2.50 bits per heavy atom. The number of hydrogen-bond donors (Lipinski definition) is 1. The molecule has 1 aliphatic rings. The molecule has 90 valence electrons. The van der Waals surface area contributed by atoms with Gasteiger partial charge in [-0.15, -0.1) is 11.3 Å². The van der Waals surface area contributed by atoms with Crippen molar-refractivity contribution < 1.29 is 13.2 Å². The third-order valence-electron chi connectivity index (χ3n) is 2.96. The topological polar surface area (TPSA) is 24.9 Å². The first kappa shape index (κ1) is 11.9. The van der Waals surface area contributed by atoms with Crippen LogP contribution in [0.2, 0.25) is 0 Å². The number of alkyl halides is 3. The predicted molar refractivity (Wildman–Crippen MR) is 56.4 cm³/mol. The van der Waals surface area contributed by atoms with Gasteiger partial charge in [-0.05, 0) is 26.7 Å². The van der Waals surface area contributed by atoms with Crippen molar-refractivity contribution in [1.82, 2.24) is 10.3 Å². The highest BCUT2D eigenvalue weighted by Gasteiger charge is 2.63. The van der Waals surface area contributed by atoms with Gasteiger partial charge in [0.15, 0.2) is 0 Å². The molecule has 1 unspecified atom stereocenters. The zero-order valence-corrected chi connectivity index (χ0v) is 9.87. The SMILES string of the molecule is Cc1ncsc1C(C)NC1(C(F)(F)F)CC1. The summed E-state index contributed by atoms with van der Waals surface area (Å²) in [5.41, 5.74) is 0.821. The Balaban J connectivity index is 2.09. The fourth-order valence-electron chi connectivity index (χ4n) is 1.84. The summed E-state index contributed by atoms with van der Waals surface area (Å²) in [6, 6.07) is -0.295. The highest BCUT2D eigenvalue weighted by atomic mass is 32.1. The maximum atomic E-state index is 12.7. The molecule has 0 aromatic carbocycles. The van der Waals surface area contributed by atoms with Gasteiger partial charge >= 0.3 is 6.18 Å². The molecule has 0 aliphatic heterocycles. The molecule has 1 aromatic rings. The van der Waals surface area contributed by atoms with E-state index in [-0.39, 0.29) is 18.9 Å². The van der Waals surface area contributed by atoms with Crippen LogP contribution in [0.25, 0.3) is 0 Å². The molecule has 6 heteroatoms. The van der Waals surface area contributed by atoms with Gasteiger partial charge in [-0.1, -0.05) is 0 Å². The van der Waals surface area contributed by atoms with E-state index >= 15 is 0 Å². The van der Waals surface area contributed by atoms with Crippen LogP contribution in [0.5, 0.6) is 0 Å². The second-order valence-corrected chi connectivity index (χ2v) is 5.13. The van der Waals surface area contributed by atoms with Crippen molar-refractivity contribution in [3.05, 3.63) is 16.1 Å². The van der Waals surface area contributed by atoms with E-state index in [1.54, 1.807) is 12.4 Å². The number of thiazole rings is 1. The number of aryl methyl sites for hydroxylation is 1. The maximum Gasteiger partial charge on any atom is 0.406 e. The molecule has 0 amide bonds. The summed E-state index contributed by atoms with van der Waals surface area (Å²) in [5, 5.41) is 2.70. The van der Waals surface area contributed by atoms with Crippen LogP contribution in [0, 0.1) is 6.92 Å². The van der Waals surface area contributed by atoms with E-state index in [2.05, 4.69) is 10.3 Å². The minimum atomic E-state index is -4.15. The van der Waals surface area contributed by atoms with Crippen molar-refractivity contribution in [1.29, 1.82) is 0 Å². The zero-order chi connectivity index (χ0) is 12.0. The van der Waals surface area contributed by atoms with Gasteiger partial charge in [0.2, 0.25) is 0 Å². The van der Waals surface area contributed by atoms with Crippen molar-refractivity contribution in [2.45, 2.75) is 44.4 Å². The summed E-state index contributed by atoms with van der Waals surface area (Å²) >= 11 is 1.40. The molecule has 1 aromatic heterocycles. The average molecular weight is 250 g/mol. The van der Waals surface area contributed by atoms with Gasteiger partial charge in [0.25, 0.3) is 0 Å². The summed E-state index contributed by atoms with van der Waals surface area (Å²) < 4.78 is 38.2. The fraction of sp³-hybridized carbons (Fsp3) is 0.700. The van der Waals surface area contributed by atoms with E-state index in [0.29, 0.717) is 0 Å². The van der Waals surface area contributed by atoms with Gasteiger partial charge in [-0.25, -0.2) is 4.98 Å².